The van der Waals surface area contributed by atoms with Gasteiger partial charge in [-0.15, -0.1) is 11.3 Å². The van der Waals surface area contributed by atoms with Crippen LogP contribution in [-0.2, 0) is 9.53 Å². The lowest BCUT2D eigenvalue weighted by molar-refractivity contribution is -0.156. The Bertz CT molecular complexity index is 435. The number of fused-ring (bicyclic) bond motifs is 1. The number of esters is 1. The maximum absolute atomic E-state index is 12.1. The van der Waals surface area contributed by atoms with Gasteiger partial charge in [-0.1, -0.05) is 46.0 Å². The van der Waals surface area contributed by atoms with Gasteiger partial charge >= 0.3 is 5.97 Å². The summed E-state index contributed by atoms with van der Waals surface area (Å²) in [6.45, 7) is 4.87. The summed E-state index contributed by atoms with van der Waals surface area (Å²) in [6, 6.07) is 0. The van der Waals surface area contributed by atoms with E-state index >= 15 is 0 Å². The molecule has 1 aromatic rings. The first-order chi connectivity index (χ1) is 10.7. The molecule has 1 aliphatic heterocycles. The van der Waals surface area contributed by atoms with E-state index in [1.165, 1.54) is 25.7 Å². The first kappa shape index (κ1) is 17.1. The average Bonchev–Trinajstić information content (AvgIpc) is 2.89. The van der Waals surface area contributed by atoms with Crippen LogP contribution in [0.4, 0.5) is 0 Å². The van der Waals surface area contributed by atoms with Gasteiger partial charge in [-0.3, -0.25) is 4.79 Å². The van der Waals surface area contributed by atoms with Crippen molar-refractivity contribution in [3.05, 3.63) is 10.8 Å². The lowest BCUT2D eigenvalue weighted by Gasteiger charge is -2.18. The Morgan fingerprint density at radius 1 is 1.23 bits per heavy atom. The van der Waals surface area contributed by atoms with Crippen molar-refractivity contribution in [3.8, 4) is 11.5 Å². The highest BCUT2D eigenvalue weighted by molar-refractivity contribution is 7.08. The van der Waals surface area contributed by atoms with E-state index < -0.39 is 0 Å². The standard InChI is InChI=1S/C17H26O4S/c1-3-4-5-6-7-8-13(2)17(18)21-14-9-19-15-11-22-12-16(15)20-10-14/h11-14H,3-10H2,1-2H3. The number of carbonyl (C=O) groups is 1. The van der Waals surface area contributed by atoms with Crippen molar-refractivity contribution in [2.45, 2.75) is 58.5 Å². The van der Waals surface area contributed by atoms with Gasteiger partial charge < -0.3 is 14.2 Å². The molecule has 1 atom stereocenters. The van der Waals surface area contributed by atoms with Crippen molar-refractivity contribution in [2.24, 2.45) is 5.92 Å². The van der Waals surface area contributed by atoms with Gasteiger partial charge in [0.15, 0.2) is 17.6 Å². The van der Waals surface area contributed by atoms with Crippen LogP contribution in [0.15, 0.2) is 10.8 Å². The fraction of sp³-hybridized carbons (Fsp3) is 0.706. The summed E-state index contributed by atoms with van der Waals surface area (Å²) >= 11 is 1.54. The number of thiophene rings is 1. The lowest BCUT2D eigenvalue weighted by atomic mass is 10.0. The van der Waals surface area contributed by atoms with E-state index in [4.69, 9.17) is 14.2 Å². The highest BCUT2D eigenvalue weighted by atomic mass is 32.1. The molecule has 1 aliphatic rings. The Labute approximate surface area is 136 Å². The average molecular weight is 326 g/mol. The third-order valence-electron chi connectivity index (χ3n) is 3.87. The van der Waals surface area contributed by atoms with Gasteiger partial charge in [0.2, 0.25) is 0 Å². The molecule has 124 valence electrons. The molecule has 2 rings (SSSR count). The second-order valence-corrected chi connectivity index (χ2v) is 6.63. The summed E-state index contributed by atoms with van der Waals surface area (Å²) in [5.74, 6) is 1.29. The molecular weight excluding hydrogens is 300 g/mol. The molecular formula is C17H26O4S. The summed E-state index contributed by atoms with van der Waals surface area (Å²) in [5.41, 5.74) is 0. The normalized spacial score (nSPS) is 16.1. The molecule has 0 saturated carbocycles. The lowest BCUT2D eigenvalue weighted by Crippen LogP contribution is -2.31. The summed E-state index contributed by atoms with van der Waals surface area (Å²) in [5, 5.41) is 3.80. The Morgan fingerprint density at radius 2 is 1.86 bits per heavy atom. The zero-order chi connectivity index (χ0) is 15.8. The molecule has 2 heterocycles. The third-order valence-corrected chi connectivity index (χ3v) is 4.57. The minimum atomic E-state index is -0.326. The van der Waals surface area contributed by atoms with Gasteiger partial charge in [0.05, 0.1) is 5.92 Å². The van der Waals surface area contributed by atoms with Crippen molar-refractivity contribution < 1.29 is 19.0 Å². The number of carbonyl (C=O) groups excluding carboxylic acids is 1. The van der Waals surface area contributed by atoms with Crippen LogP contribution < -0.4 is 9.47 Å². The number of unbranched alkanes of at least 4 members (excludes halogenated alkanes) is 4. The molecule has 0 bridgehead atoms. The monoisotopic (exact) mass is 326 g/mol. The van der Waals surface area contributed by atoms with Crippen molar-refractivity contribution in [1.82, 2.24) is 0 Å². The highest BCUT2D eigenvalue weighted by Gasteiger charge is 2.24. The minimum absolute atomic E-state index is 0.0571. The molecule has 0 radical (unpaired) electrons. The van der Waals surface area contributed by atoms with Crippen molar-refractivity contribution >= 4 is 17.3 Å². The summed E-state index contributed by atoms with van der Waals surface area (Å²) in [4.78, 5) is 12.1. The van der Waals surface area contributed by atoms with Crippen LogP contribution in [0, 0.1) is 5.92 Å². The number of rotatable bonds is 8. The number of hydrogen-bond acceptors (Lipinski definition) is 5. The van der Waals surface area contributed by atoms with Crippen LogP contribution in [-0.4, -0.2) is 25.3 Å². The van der Waals surface area contributed by atoms with E-state index in [1.807, 2.05) is 17.7 Å². The molecule has 0 fully saturated rings. The fourth-order valence-electron chi connectivity index (χ4n) is 2.42. The van der Waals surface area contributed by atoms with Gasteiger partial charge in [-0.2, -0.15) is 0 Å². The van der Waals surface area contributed by atoms with E-state index in [0.717, 1.165) is 24.3 Å². The third kappa shape index (κ3) is 5.20. The maximum Gasteiger partial charge on any atom is 0.309 e. The zero-order valence-electron chi connectivity index (χ0n) is 13.5. The molecule has 4 nitrogen and oxygen atoms in total. The Kier molecular flexibility index (Phi) is 7.03. The second-order valence-electron chi connectivity index (χ2n) is 5.89. The summed E-state index contributed by atoms with van der Waals surface area (Å²) in [6.07, 6.45) is 6.62. The molecule has 0 amide bonds. The maximum atomic E-state index is 12.1. The summed E-state index contributed by atoms with van der Waals surface area (Å²) < 4.78 is 16.8. The van der Waals surface area contributed by atoms with Crippen molar-refractivity contribution in [3.63, 3.8) is 0 Å². The number of hydrogen-bond donors (Lipinski definition) is 0. The Balaban J connectivity index is 1.67. The molecule has 0 N–H and O–H groups in total. The molecule has 0 saturated heterocycles. The van der Waals surface area contributed by atoms with Crippen LogP contribution in [0.1, 0.15) is 52.4 Å². The van der Waals surface area contributed by atoms with Gasteiger partial charge in [0.25, 0.3) is 0 Å². The van der Waals surface area contributed by atoms with E-state index in [2.05, 4.69) is 6.92 Å². The molecule has 1 unspecified atom stereocenters. The Hall–Kier alpha value is -1.23. The first-order valence-electron chi connectivity index (χ1n) is 8.23. The van der Waals surface area contributed by atoms with E-state index in [1.54, 1.807) is 11.3 Å². The molecule has 22 heavy (non-hydrogen) atoms. The smallest absolute Gasteiger partial charge is 0.309 e. The fourth-order valence-corrected chi connectivity index (χ4v) is 3.10. The zero-order valence-corrected chi connectivity index (χ0v) is 14.3. The minimum Gasteiger partial charge on any atom is -0.485 e. The van der Waals surface area contributed by atoms with Crippen LogP contribution in [0.2, 0.25) is 0 Å². The second kappa shape index (κ2) is 9.03. The predicted octanol–water partition coefficient (Wildman–Crippen LogP) is 4.43. The Morgan fingerprint density at radius 3 is 2.50 bits per heavy atom. The quantitative estimate of drug-likeness (QED) is 0.524. The molecule has 0 aliphatic carbocycles. The van der Waals surface area contributed by atoms with E-state index in [0.29, 0.717) is 13.2 Å². The van der Waals surface area contributed by atoms with E-state index in [-0.39, 0.29) is 18.0 Å². The van der Waals surface area contributed by atoms with Crippen LogP contribution >= 0.6 is 11.3 Å². The van der Waals surface area contributed by atoms with Gasteiger partial charge in [-0.05, 0) is 6.42 Å². The summed E-state index contributed by atoms with van der Waals surface area (Å²) in [7, 11) is 0. The van der Waals surface area contributed by atoms with Crippen molar-refractivity contribution in [2.75, 3.05) is 13.2 Å². The van der Waals surface area contributed by atoms with Crippen LogP contribution in [0.5, 0.6) is 11.5 Å². The van der Waals surface area contributed by atoms with Gasteiger partial charge in [-0.25, -0.2) is 0 Å². The van der Waals surface area contributed by atoms with Crippen LogP contribution in [0.25, 0.3) is 0 Å². The number of ether oxygens (including phenoxy) is 3. The van der Waals surface area contributed by atoms with Gasteiger partial charge in [0, 0.05) is 10.8 Å². The molecule has 5 heteroatoms. The van der Waals surface area contributed by atoms with Crippen LogP contribution in [0.3, 0.4) is 0 Å². The molecule has 1 aromatic heterocycles. The predicted molar refractivity (Wildman–Crippen MR) is 87.7 cm³/mol. The van der Waals surface area contributed by atoms with Gasteiger partial charge in [0.1, 0.15) is 13.2 Å². The highest BCUT2D eigenvalue weighted by Crippen LogP contribution is 2.33. The largest absolute Gasteiger partial charge is 0.485 e. The van der Waals surface area contributed by atoms with E-state index in [9.17, 15) is 4.79 Å². The first-order valence-corrected chi connectivity index (χ1v) is 9.17. The molecule has 0 aromatic carbocycles. The van der Waals surface area contributed by atoms with Crippen molar-refractivity contribution in [1.29, 1.82) is 0 Å². The SMILES string of the molecule is CCCCCCCC(C)C(=O)OC1COc2cscc2OC1. The molecule has 0 spiro atoms. The topological polar surface area (TPSA) is 44.8 Å².